The van der Waals surface area contributed by atoms with Crippen LogP contribution in [0.3, 0.4) is 0 Å². The van der Waals surface area contributed by atoms with Crippen LogP contribution < -0.4 is 15.6 Å². The number of aryl methyl sites for hydroxylation is 1. The maximum absolute atomic E-state index is 13.6. The largest absolute Gasteiger partial charge is 0.483 e. The van der Waals surface area contributed by atoms with Gasteiger partial charge < -0.3 is 4.74 Å². The molecule has 5 nitrogen and oxygen atoms in total. The summed E-state index contributed by atoms with van der Waals surface area (Å²) in [6.45, 7) is 1.60. The Balaban J connectivity index is 1.80. The molecule has 25 heavy (non-hydrogen) atoms. The van der Waals surface area contributed by atoms with Gasteiger partial charge in [-0.25, -0.2) is 4.39 Å². The van der Waals surface area contributed by atoms with Crippen LogP contribution in [0.25, 0.3) is 6.08 Å². The molecule has 0 saturated carbocycles. The Hall–Kier alpha value is -2.86. The summed E-state index contributed by atoms with van der Waals surface area (Å²) in [5.74, 6) is -1.14. The summed E-state index contributed by atoms with van der Waals surface area (Å²) in [4.78, 5) is 23.3. The second-order valence-electron chi connectivity index (χ2n) is 5.06. The van der Waals surface area contributed by atoms with Gasteiger partial charge in [0.15, 0.2) is 6.61 Å². The fraction of sp³-hybridized carbons (Fsp3) is 0.111. The lowest BCUT2D eigenvalue weighted by Gasteiger charge is -2.09. The Kier molecular flexibility index (Phi) is 6.54. The monoisotopic (exact) mass is 362 g/mol. The summed E-state index contributed by atoms with van der Waals surface area (Å²) in [5, 5.41) is 0.180. The van der Waals surface area contributed by atoms with Gasteiger partial charge in [0, 0.05) is 11.6 Å². The number of carbonyl (C=O) groups is 2. The molecule has 2 aromatic carbocycles. The first-order valence-corrected chi connectivity index (χ1v) is 7.74. The molecule has 0 unspecified atom stereocenters. The van der Waals surface area contributed by atoms with Crippen molar-refractivity contribution in [2.45, 2.75) is 6.92 Å². The van der Waals surface area contributed by atoms with E-state index in [2.05, 4.69) is 10.9 Å². The first kappa shape index (κ1) is 18.5. The van der Waals surface area contributed by atoms with Crippen molar-refractivity contribution in [3.63, 3.8) is 0 Å². The average molecular weight is 363 g/mol. The van der Waals surface area contributed by atoms with E-state index in [1.807, 2.05) is 19.1 Å². The number of ether oxygens (including phenoxy) is 1. The van der Waals surface area contributed by atoms with Crippen molar-refractivity contribution in [3.8, 4) is 5.75 Å². The Morgan fingerprint density at radius 3 is 2.64 bits per heavy atom. The van der Waals surface area contributed by atoms with Gasteiger partial charge in [0.1, 0.15) is 11.6 Å². The number of halogens is 2. The van der Waals surface area contributed by atoms with Crippen molar-refractivity contribution < 1.29 is 18.7 Å². The highest BCUT2D eigenvalue weighted by molar-refractivity contribution is 6.32. The molecule has 0 spiro atoms. The third kappa shape index (κ3) is 5.61. The number of hydrogen-bond acceptors (Lipinski definition) is 3. The van der Waals surface area contributed by atoms with Gasteiger partial charge >= 0.3 is 0 Å². The van der Waals surface area contributed by atoms with Crippen molar-refractivity contribution in [3.05, 3.63) is 70.5 Å². The fourth-order valence-electron chi connectivity index (χ4n) is 1.90. The first-order chi connectivity index (χ1) is 12.0. The van der Waals surface area contributed by atoms with Gasteiger partial charge in [0.25, 0.3) is 11.8 Å². The molecule has 7 heteroatoms. The minimum Gasteiger partial charge on any atom is -0.483 e. The van der Waals surface area contributed by atoms with Crippen LogP contribution in [0.2, 0.25) is 5.02 Å². The highest BCUT2D eigenvalue weighted by atomic mass is 35.5. The van der Waals surface area contributed by atoms with Crippen LogP contribution in [0.5, 0.6) is 5.75 Å². The van der Waals surface area contributed by atoms with Crippen LogP contribution in [0, 0.1) is 12.7 Å². The molecule has 2 aromatic rings. The van der Waals surface area contributed by atoms with Gasteiger partial charge in [0.2, 0.25) is 0 Å². The summed E-state index contributed by atoms with van der Waals surface area (Å²) < 4.78 is 18.9. The normalized spacial score (nSPS) is 10.5. The fourth-order valence-corrected chi connectivity index (χ4v) is 2.13. The molecule has 0 aromatic heterocycles. The van der Waals surface area contributed by atoms with Gasteiger partial charge in [-0.2, -0.15) is 0 Å². The van der Waals surface area contributed by atoms with E-state index in [4.69, 9.17) is 16.3 Å². The molecule has 0 saturated heterocycles. The molecule has 130 valence electrons. The number of hydrazine groups is 1. The molecule has 0 radical (unpaired) electrons. The number of nitrogens with one attached hydrogen (secondary N) is 2. The number of amides is 2. The van der Waals surface area contributed by atoms with Crippen LogP contribution >= 0.6 is 11.6 Å². The van der Waals surface area contributed by atoms with E-state index in [1.54, 1.807) is 12.1 Å². The van der Waals surface area contributed by atoms with Gasteiger partial charge in [-0.05, 0) is 36.8 Å². The Labute approximate surface area is 149 Å². The predicted molar refractivity (Wildman–Crippen MR) is 93.4 cm³/mol. The molecule has 0 aliphatic carbocycles. The Morgan fingerprint density at radius 2 is 1.92 bits per heavy atom. The second kappa shape index (κ2) is 8.84. The lowest BCUT2D eigenvalue weighted by Crippen LogP contribution is -2.43. The molecule has 2 amide bonds. The van der Waals surface area contributed by atoms with E-state index in [0.29, 0.717) is 5.75 Å². The molecule has 0 aliphatic heterocycles. The zero-order valence-corrected chi connectivity index (χ0v) is 14.1. The summed E-state index contributed by atoms with van der Waals surface area (Å²) in [6, 6.07) is 11.4. The molecular formula is C18H16ClFN2O3. The van der Waals surface area contributed by atoms with Crippen molar-refractivity contribution >= 4 is 29.5 Å². The standard InChI is InChI=1S/C18H16ClFN2O3/c1-12-5-2-3-8-16(12)25-11-18(24)22-21-17(23)10-9-13-14(19)6-4-7-15(13)20/h2-10H,11H2,1H3,(H,21,23)(H,22,24)/b10-9+. The lowest BCUT2D eigenvalue weighted by atomic mass is 10.2. The van der Waals surface area contributed by atoms with E-state index in [0.717, 1.165) is 11.6 Å². The van der Waals surface area contributed by atoms with Gasteiger partial charge in [0.05, 0.1) is 5.02 Å². The molecule has 0 bridgehead atoms. The molecular weight excluding hydrogens is 347 g/mol. The van der Waals surface area contributed by atoms with Crippen molar-refractivity contribution in [2.24, 2.45) is 0 Å². The van der Waals surface area contributed by atoms with Crippen LogP contribution in [-0.4, -0.2) is 18.4 Å². The van der Waals surface area contributed by atoms with Crippen LogP contribution in [0.15, 0.2) is 48.5 Å². The second-order valence-corrected chi connectivity index (χ2v) is 5.47. The lowest BCUT2D eigenvalue weighted by molar-refractivity contribution is -0.128. The Bertz CT molecular complexity index is 788. The summed E-state index contributed by atoms with van der Waals surface area (Å²) in [7, 11) is 0. The van der Waals surface area contributed by atoms with Gasteiger partial charge in [-0.3, -0.25) is 20.4 Å². The molecule has 0 aliphatic rings. The van der Waals surface area contributed by atoms with Crippen LogP contribution in [0.4, 0.5) is 4.39 Å². The minimum absolute atomic E-state index is 0.0912. The minimum atomic E-state index is -0.636. The smallest absolute Gasteiger partial charge is 0.276 e. The van der Waals surface area contributed by atoms with Crippen molar-refractivity contribution in [2.75, 3.05) is 6.61 Å². The third-order valence-electron chi connectivity index (χ3n) is 3.18. The first-order valence-electron chi connectivity index (χ1n) is 7.36. The molecule has 0 heterocycles. The highest BCUT2D eigenvalue weighted by Gasteiger charge is 2.06. The summed E-state index contributed by atoms with van der Waals surface area (Å²) >= 11 is 5.84. The summed E-state index contributed by atoms with van der Waals surface area (Å²) in [5.41, 5.74) is 5.35. The number of rotatable bonds is 5. The van der Waals surface area contributed by atoms with Crippen LogP contribution in [-0.2, 0) is 9.59 Å². The van der Waals surface area contributed by atoms with Crippen LogP contribution in [0.1, 0.15) is 11.1 Å². The van der Waals surface area contributed by atoms with Gasteiger partial charge in [-0.15, -0.1) is 0 Å². The molecule has 2 N–H and O–H groups in total. The highest BCUT2D eigenvalue weighted by Crippen LogP contribution is 2.20. The number of hydrogen-bond donors (Lipinski definition) is 2. The van der Waals surface area contributed by atoms with E-state index < -0.39 is 17.6 Å². The zero-order valence-electron chi connectivity index (χ0n) is 13.4. The maximum Gasteiger partial charge on any atom is 0.276 e. The number of carbonyl (C=O) groups excluding carboxylic acids is 2. The van der Waals surface area contributed by atoms with E-state index in [9.17, 15) is 14.0 Å². The SMILES string of the molecule is Cc1ccccc1OCC(=O)NNC(=O)/C=C/c1c(F)cccc1Cl. The predicted octanol–water partition coefficient (Wildman–Crippen LogP) is 3.03. The number of para-hydroxylation sites is 1. The number of benzene rings is 2. The van der Waals surface area contributed by atoms with Gasteiger partial charge in [-0.1, -0.05) is 35.9 Å². The zero-order chi connectivity index (χ0) is 18.2. The third-order valence-corrected chi connectivity index (χ3v) is 3.51. The molecule has 2 rings (SSSR count). The maximum atomic E-state index is 13.6. The van der Waals surface area contributed by atoms with Crippen molar-refractivity contribution in [1.29, 1.82) is 0 Å². The topological polar surface area (TPSA) is 67.4 Å². The van der Waals surface area contributed by atoms with Crippen molar-refractivity contribution in [1.82, 2.24) is 10.9 Å². The quantitative estimate of drug-likeness (QED) is 0.634. The van der Waals surface area contributed by atoms with E-state index in [1.165, 1.54) is 24.3 Å². The van der Waals surface area contributed by atoms with E-state index >= 15 is 0 Å². The Morgan fingerprint density at radius 1 is 1.16 bits per heavy atom. The van der Waals surface area contributed by atoms with E-state index in [-0.39, 0.29) is 17.2 Å². The summed E-state index contributed by atoms with van der Waals surface area (Å²) in [6.07, 6.45) is 2.29. The molecule has 0 atom stereocenters. The average Bonchev–Trinajstić information content (AvgIpc) is 2.59. The molecule has 0 fully saturated rings.